The second-order valence-electron chi connectivity index (χ2n) is 4.77. The molecule has 0 aromatic heterocycles. The Morgan fingerprint density at radius 2 is 1.62 bits per heavy atom. The van der Waals surface area contributed by atoms with Gasteiger partial charge in [0.1, 0.15) is 5.82 Å². The minimum absolute atomic E-state index is 0.0949. The molecule has 1 heterocycles. The van der Waals surface area contributed by atoms with Gasteiger partial charge in [0, 0.05) is 19.6 Å². The third kappa shape index (κ3) is 4.22. The summed E-state index contributed by atoms with van der Waals surface area (Å²) in [5.41, 5.74) is 0. The number of hydrogen-bond acceptors (Lipinski definition) is 4. The highest BCUT2D eigenvalue weighted by molar-refractivity contribution is 7.90. The van der Waals surface area contributed by atoms with Gasteiger partial charge in [0.2, 0.25) is 20.0 Å². The maximum Gasteiger partial charge on any atom is 0.240 e. The van der Waals surface area contributed by atoms with Crippen molar-refractivity contribution in [1.29, 1.82) is 0 Å². The van der Waals surface area contributed by atoms with Crippen molar-refractivity contribution in [2.45, 2.75) is 17.7 Å². The minimum Gasteiger partial charge on any atom is -0.212 e. The number of hydrogen-bond donors (Lipinski definition) is 1. The second-order valence-corrected chi connectivity index (χ2v) is 8.63. The molecule has 0 spiro atoms. The number of sulfonamides is 2. The molecule has 118 valence electrons. The Kier molecular flexibility index (Phi) is 4.97. The summed E-state index contributed by atoms with van der Waals surface area (Å²) in [4.78, 5) is -0.0949. The van der Waals surface area contributed by atoms with Crippen molar-refractivity contribution in [1.82, 2.24) is 9.03 Å². The van der Waals surface area contributed by atoms with Crippen LogP contribution < -0.4 is 4.72 Å². The quantitative estimate of drug-likeness (QED) is 0.821. The molecule has 1 aliphatic heterocycles. The van der Waals surface area contributed by atoms with E-state index < -0.39 is 25.9 Å². The van der Waals surface area contributed by atoms with Gasteiger partial charge in [-0.1, -0.05) is 0 Å². The van der Waals surface area contributed by atoms with Crippen molar-refractivity contribution in [3.63, 3.8) is 0 Å². The molecule has 0 aliphatic carbocycles. The summed E-state index contributed by atoms with van der Waals surface area (Å²) >= 11 is 0. The molecule has 2 rings (SSSR count). The van der Waals surface area contributed by atoms with E-state index in [-0.39, 0.29) is 17.2 Å². The number of benzene rings is 1. The van der Waals surface area contributed by atoms with Crippen LogP contribution in [0.1, 0.15) is 12.8 Å². The third-order valence-electron chi connectivity index (χ3n) is 3.23. The molecular formula is C12H17FN2O4S2. The largest absolute Gasteiger partial charge is 0.240 e. The van der Waals surface area contributed by atoms with E-state index in [2.05, 4.69) is 4.72 Å². The predicted octanol–water partition coefficient (Wildman–Crippen LogP) is 0.530. The summed E-state index contributed by atoms with van der Waals surface area (Å²) in [7, 11) is -7.25. The molecule has 0 saturated carbocycles. The average Bonchev–Trinajstić information content (AvgIpc) is 2.93. The van der Waals surface area contributed by atoms with Gasteiger partial charge in [-0.2, -0.15) is 0 Å². The van der Waals surface area contributed by atoms with E-state index in [1.807, 2.05) is 0 Å². The zero-order valence-electron chi connectivity index (χ0n) is 11.3. The van der Waals surface area contributed by atoms with Crippen LogP contribution in [0.2, 0.25) is 0 Å². The lowest BCUT2D eigenvalue weighted by molar-refractivity contribution is 0.477. The SMILES string of the molecule is O=S(=O)(NCCS(=O)(=O)N1CCCC1)c1ccc(F)cc1. The number of nitrogens with zero attached hydrogens (tertiary/aromatic N) is 1. The molecule has 1 aliphatic rings. The topological polar surface area (TPSA) is 83.5 Å². The van der Waals surface area contributed by atoms with E-state index in [1.165, 1.54) is 4.31 Å². The van der Waals surface area contributed by atoms with E-state index >= 15 is 0 Å². The normalized spacial score (nSPS) is 17.2. The van der Waals surface area contributed by atoms with Crippen LogP contribution in [0.5, 0.6) is 0 Å². The lowest BCUT2D eigenvalue weighted by Gasteiger charge is -2.15. The van der Waals surface area contributed by atoms with Gasteiger partial charge in [-0.3, -0.25) is 0 Å². The highest BCUT2D eigenvalue weighted by Crippen LogP contribution is 2.13. The summed E-state index contributed by atoms with van der Waals surface area (Å²) in [6.45, 7) is 0.776. The van der Waals surface area contributed by atoms with Crippen molar-refractivity contribution < 1.29 is 21.2 Å². The fraction of sp³-hybridized carbons (Fsp3) is 0.500. The summed E-state index contributed by atoms with van der Waals surface area (Å²) in [6.07, 6.45) is 1.67. The monoisotopic (exact) mass is 336 g/mol. The molecule has 0 radical (unpaired) electrons. The first-order valence-corrected chi connectivity index (χ1v) is 9.63. The first-order chi connectivity index (χ1) is 9.81. The van der Waals surface area contributed by atoms with Crippen LogP contribution in [0, 0.1) is 5.82 Å². The molecule has 0 bridgehead atoms. The van der Waals surface area contributed by atoms with Crippen molar-refractivity contribution in [3.8, 4) is 0 Å². The van der Waals surface area contributed by atoms with E-state index in [0.717, 1.165) is 37.1 Å². The first-order valence-electron chi connectivity index (χ1n) is 6.54. The van der Waals surface area contributed by atoms with E-state index in [4.69, 9.17) is 0 Å². The zero-order chi connectivity index (χ0) is 15.5. The average molecular weight is 336 g/mol. The Balaban J connectivity index is 1.94. The Morgan fingerprint density at radius 3 is 2.19 bits per heavy atom. The Hall–Kier alpha value is -1.03. The molecule has 0 amide bonds. The van der Waals surface area contributed by atoms with Gasteiger partial charge in [0.15, 0.2) is 0 Å². The van der Waals surface area contributed by atoms with Crippen LogP contribution >= 0.6 is 0 Å². The maximum atomic E-state index is 12.8. The van der Waals surface area contributed by atoms with Crippen LogP contribution in [0.4, 0.5) is 4.39 Å². The maximum absolute atomic E-state index is 12.8. The fourth-order valence-corrected chi connectivity index (χ4v) is 4.69. The van der Waals surface area contributed by atoms with Crippen molar-refractivity contribution in [2.24, 2.45) is 0 Å². The van der Waals surface area contributed by atoms with Crippen LogP contribution in [0.15, 0.2) is 29.2 Å². The van der Waals surface area contributed by atoms with Gasteiger partial charge in [-0.05, 0) is 37.1 Å². The predicted molar refractivity (Wildman–Crippen MR) is 76.2 cm³/mol. The number of rotatable bonds is 6. The van der Waals surface area contributed by atoms with E-state index in [9.17, 15) is 21.2 Å². The van der Waals surface area contributed by atoms with Crippen LogP contribution in [-0.2, 0) is 20.0 Å². The van der Waals surface area contributed by atoms with Crippen LogP contribution in [0.3, 0.4) is 0 Å². The lowest BCUT2D eigenvalue weighted by Crippen LogP contribution is -2.36. The van der Waals surface area contributed by atoms with Crippen LogP contribution in [-0.4, -0.2) is 46.5 Å². The molecular weight excluding hydrogens is 319 g/mol. The van der Waals surface area contributed by atoms with Gasteiger partial charge >= 0.3 is 0 Å². The lowest BCUT2D eigenvalue weighted by atomic mass is 10.4. The molecule has 0 atom stereocenters. The van der Waals surface area contributed by atoms with Gasteiger partial charge in [0.25, 0.3) is 0 Å². The molecule has 0 unspecified atom stereocenters. The Morgan fingerprint density at radius 1 is 1.05 bits per heavy atom. The summed E-state index contributed by atoms with van der Waals surface area (Å²) in [5.74, 6) is -0.821. The molecule has 6 nitrogen and oxygen atoms in total. The van der Waals surface area contributed by atoms with Gasteiger partial charge in [0.05, 0.1) is 10.6 Å². The van der Waals surface area contributed by atoms with Gasteiger partial charge in [-0.25, -0.2) is 30.3 Å². The zero-order valence-corrected chi connectivity index (χ0v) is 13.0. The summed E-state index contributed by atoms with van der Waals surface area (Å²) in [6, 6.07) is 4.34. The Bertz CT molecular complexity index is 680. The molecule has 1 N–H and O–H groups in total. The summed E-state index contributed by atoms with van der Waals surface area (Å²) in [5, 5.41) is 0. The third-order valence-corrected chi connectivity index (χ3v) is 6.58. The minimum atomic E-state index is -3.82. The molecule has 9 heteroatoms. The molecule has 1 fully saturated rings. The number of halogens is 1. The summed E-state index contributed by atoms with van der Waals surface area (Å²) < 4.78 is 64.0. The standard InChI is InChI=1S/C12H17FN2O4S2/c13-11-3-5-12(6-4-11)21(18,19)14-7-10-20(16,17)15-8-1-2-9-15/h3-6,14H,1-2,7-10H2. The first kappa shape index (κ1) is 16.3. The Labute approximate surface area is 124 Å². The molecule has 21 heavy (non-hydrogen) atoms. The molecule has 1 aromatic rings. The van der Waals surface area contributed by atoms with E-state index in [0.29, 0.717) is 13.1 Å². The number of nitrogens with one attached hydrogen (secondary N) is 1. The highest BCUT2D eigenvalue weighted by atomic mass is 32.2. The molecule has 1 saturated heterocycles. The second kappa shape index (κ2) is 6.39. The highest BCUT2D eigenvalue weighted by Gasteiger charge is 2.25. The van der Waals surface area contributed by atoms with E-state index in [1.54, 1.807) is 0 Å². The van der Waals surface area contributed by atoms with Crippen molar-refractivity contribution in [2.75, 3.05) is 25.4 Å². The van der Waals surface area contributed by atoms with Gasteiger partial charge < -0.3 is 0 Å². The van der Waals surface area contributed by atoms with Crippen molar-refractivity contribution >= 4 is 20.0 Å². The smallest absolute Gasteiger partial charge is 0.212 e. The van der Waals surface area contributed by atoms with Gasteiger partial charge in [-0.15, -0.1) is 0 Å². The van der Waals surface area contributed by atoms with Crippen molar-refractivity contribution in [3.05, 3.63) is 30.1 Å². The fourth-order valence-electron chi connectivity index (χ4n) is 2.10. The molecule has 1 aromatic carbocycles. The van der Waals surface area contributed by atoms with Crippen LogP contribution in [0.25, 0.3) is 0 Å².